The molecular weight excluding hydrogens is 468 g/mol. The maximum absolute atomic E-state index is 13.7. The van der Waals surface area contributed by atoms with E-state index in [4.69, 9.17) is 16.3 Å². The molecule has 1 saturated heterocycles. The van der Waals surface area contributed by atoms with Crippen molar-refractivity contribution in [1.29, 1.82) is 0 Å². The van der Waals surface area contributed by atoms with Gasteiger partial charge in [-0.2, -0.15) is 5.10 Å². The van der Waals surface area contributed by atoms with E-state index < -0.39 is 5.97 Å². The van der Waals surface area contributed by atoms with Crippen LogP contribution in [-0.4, -0.2) is 47.3 Å². The van der Waals surface area contributed by atoms with E-state index in [0.717, 1.165) is 18.5 Å². The number of fused-ring (bicyclic) bond motifs is 1. The molecule has 5 rings (SSSR count). The van der Waals surface area contributed by atoms with Crippen molar-refractivity contribution >= 4 is 40.8 Å². The van der Waals surface area contributed by atoms with Gasteiger partial charge in [-0.1, -0.05) is 17.7 Å². The Morgan fingerprint density at radius 1 is 0.971 bits per heavy atom. The van der Waals surface area contributed by atoms with Crippen LogP contribution in [-0.2, 0) is 16.0 Å². The highest BCUT2D eigenvalue weighted by Gasteiger charge is 2.35. The average Bonchev–Trinajstić information content (AvgIpc) is 3.26. The molecule has 2 aliphatic heterocycles. The lowest BCUT2D eigenvalue weighted by atomic mass is 10.0. The van der Waals surface area contributed by atoms with Crippen LogP contribution in [0.3, 0.4) is 0 Å². The van der Waals surface area contributed by atoms with Gasteiger partial charge in [0.2, 0.25) is 5.91 Å². The van der Waals surface area contributed by atoms with Crippen molar-refractivity contribution in [2.75, 3.05) is 29.5 Å². The second-order valence-electron chi connectivity index (χ2n) is 8.51. The molecule has 8 nitrogen and oxygen atoms in total. The predicted octanol–water partition coefficient (Wildman–Crippen LogP) is 4.42. The van der Waals surface area contributed by atoms with Gasteiger partial charge in [0.1, 0.15) is 5.69 Å². The molecule has 2 aromatic carbocycles. The Balaban J connectivity index is 1.51. The van der Waals surface area contributed by atoms with Gasteiger partial charge in [0.05, 0.1) is 12.3 Å². The summed E-state index contributed by atoms with van der Waals surface area (Å²) in [5.41, 5.74) is 3.16. The number of carbonyl (C=O) groups is 3. The first-order chi connectivity index (χ1) is 17.0. The molecule has 0 unspecified atom stereocenters. The van der Waals surface area contributed by atoms with E-state index in [0.29, 0.717) is 53.6 Å². The summed E-state index contributed by atoms with van der Waals surface area (Å²) in [4.78, 5) is 42.1. The van der Waals surface area contributed by atoms with Gasteiger partial charge in [0.25, 0.3) is 5.91 Å². The zero-order valence-electron chi connectivity index (χ0n) is 19.4. The predicted molar refractivity (Wildman–Crippen MR) is 133 cm³/mol. The van der Waals surface area contributed by atoms with Crippen LogP contribution in [0, 0.1) is 0 Å². The highest BCUT2D eigenvalue weighted by molar-refractivity contribution is 6.30. The number of piperidine rings is 1. The van der Waals surface area contributed by atoms with Crippen molar-refractivity contribution in [2.45, 2.75) is 32.6 Å². The first kappa shape index (κ1) is 23.1. The summed E-state index contributed by atoms with van der Waals surface area (Å²) in [6.07, 6.45) is 2.91. The second-order valence-corrected chi connectivity index (χ2v) is 8.95. The van der Waals surface area contributed by atoms with Crippen molar-refractivity contribution < 1.29 is 19.1 Å². The van der Waals surface area contributed by atoms with Gasteiger partial charge in [-0.25, -0.2) is 9.48 Å². The van der Waals surface area contributed by atoms with Crippen molar-refractivity contribution in [2.24, 2.45) is 0 Å². The van der Waals surface area contributed by atoms with Gasteiger partial charge in [-0.05, 0) is 68.7 Å². The summed E-state index contributed by atoms with van der Waals surface area (Å²) in [6.45, 7) is 3.04. The minimum atomic E-state index is -0.554. The number of amides is 2. The first-order valence-corrected chi connectivity index (χ1v) is 12.1. The average molecular weight is 493 g/mol. The summed E-state index contributed by atoms with van der Waals surface area (Å²) in [7, 11) is 0. The Morgan fingerprint density at radius 3 is 2.40 bits per heavy atom. The van der Waals surface area contributed by atoms with Gasteiger partial charge in [0, 0.05) is 41.5 Å². The lowest BCUT2D eigenvalue weighted by Gasteiger charge is -2.29. The molecule has 2 aliphatic rings. The number of nitrogens with zero attached hydrogens (tertiary/aromatic N) is 4. The van der Waals surface area contributed by atoms with E-state index in [-0.39, 0.29) is 24.1 Å². The van der Waals surface area contributed by atoms with Crippen LogP contribution in [0.25, 0.3) is 5.69 Å². The van der Waals surface area contributed by atoms with Crippen LogP contribution in [0.1, 0.15) is 52.7 Å². The molecule has 0 saturated carbocycles. The lowest BCUT2D eigenvalue weighted by molar-refractivity contribution is -0.119. The van der Waals surface area contributed by atoms with E-state index in [1.807, 2.05) is 24.3 Å². The maximum Gasteiger partial charge on any atom is 0.359 e. The third-order valence-corrected chi connectivity index (χ3v) is 6.57. The zero-order valence-corrected chi connectivity index (χ0v) is 20.1. The molecule has 180 valence electrons. The Bertz CT molecular complexity index is 1300. The standard InChI is InChI=1S/C26H25ClN4O4/c1-2-35-26(34)23-21-13-15-30(19-11-9-18(10-12-19)29-14-4-3-8-22(29)32)25(33)24(21)31(28-23)20-7-5-6-17(27)16-20/h5-7,9-12,16H,2-4,8,13-15H2,1H3. The summed E-state index contributed by atoms with van der Waals surface area (Å²) in [6, 6.07) is 14.4. The molecule has 3 heterocycles. The van der Waals surface area contributed by atoms with E-state index in [1.54, 1.807) is 41.0 Å². The number of esters is 1. The van der Waals surface area contributed by atoms with Gasteiger partial charge >= 0.3 is 5.97 Å². The molecule has 0 aliphatic carbocycles. The quantitative estimate of drug-likeness (QED) is 0.492. The van der Waals surface area contributed by atoms with Gasteiger partial charge in [0.15, 0.2) is 5.69 Å². The minimum Gasteiger partial charge on any atom is -0.461 e. The molecule has 9 heteroatoms. The number of benzene rings is 2. The molecule has 1 fully saturated rings. The number of anilines is 2. The largest absolute Gasteiger partial charge is 0.461 e. The molecule has 0 N–H and O–H groups in total. The summed E-state index contributed by atoms with van der Waals surface area (Å²) in [5.74, 6) is -0.697. The molecule has 35 heavy (non-hydrogen) atoms. The lowest BCUT2D eigenvalue weighted by Crippen LogP contribution is -2.39. The van der Waals surface area contributed by atoms with E-state index >= 15 is 0 Å². The number of hydrogen-bond acceptors (Lipinski definition) is 5. The fourth-order valence-electron chi connectivity index (χ4n) is 4.66. The van der Waals surface area contributed by atoms with Crippen molar-refractivity contribution in [3.63, 3.8) is 0 Å². The fraction of sp³-hybridized carbons (Fsp3) is 0.308. The molecule has 3 aromatic rings. The highest BCUT2D eigenvalue weighted by atomic mass is 35.5. The van der Waals surface area contributed by atoms with Crippen LogP contribution in [0.4, 0.5) is 11.4 Å². The van der Waals surface area contributed by atoms with Crippen molar-refractivity contribution in [3.8, 4) is 5.69 Å². The monoisotopic (exact) mass is 492 g/mol. The molecule has 0 bridgehead atoms. The number of halogens is 1. The van der Waals surface area contributed by atoms with Crippen molar-refractivity contribution in [3.05, 3.63) is 70.5 Å². The van der Waals surface area contributed by atoms with E-state index in [2.05, 4.69) is 5.10 Å². The zero-order chi connectivity index (χ0) is 24.5. The number of rotatable bonds is 5. The SMILES string of the molecule is CCOC(=O)c1nn(-c2cccc(Cl)c2)c2c1CCN(c1ccc(N3CCCCC3=O)cc1)C2=O. The van der Waals surface area contributed by atoms with Crippen LogP contribution in [0.2, 0.25) is 5.02 Å². The van der Waals surface area contributed by atoms with Gasteiger partial charge < -0.3 is 14.5 Å². The van der Waals surface area contributed by atoms with Crippen LogP contribution >= 0.6 is 11.6 Å². The summed E-state index contributed by atoms with van der Waals surface area (Å²) in [5, 5.41) is 4.97. The smallest absolute Gasteiger partial charge is 0.359 e. The number of ether oxygens (including phenoxy) is 1. The Kier molecular flexibility index (Phi) is 6.30. The maximum atomic E-state index is 13.7. The molecule has 0 radical (unpaired) electrons. The van der Waals surface area contributed by atoms with E-state index in [9.17, 15) is 14.4 Å². The topological polar surface area (TPSA) is 84.7 Å². The second kappa shape index (κ2) is 9.54. The molecule has 0 atom stereocenters. The Morgan fingerprint density at radius 2 is 1.71 bits per heavy atom. The minimum absolute atomic E-state index is 0.125. The summed E-state index contributed by atoms with van der Waals surface area (Å²) >= 11 is 6.19. The van der Waals surface area contributed by atoms with E-state index in [1.165, 1.54) is 4.68 Å². The number of aromatic nitrogens is 2. The van der Waals surface area contributed by atoms with Crippen molar-refractivity contribution in [1.82, 2.24) is 9.78 Å². The van der Waals surface area contributed by atoms with Crippen LogP contribution in [0.5, 0.6) is 0 Å². The third-order valence-electron chi connectivity index (χ3n) is 6.33. The van der Waals surface area contributed by atoms with Gasteiger partial charge in [-0.15, -0.1) is 0 Å². The highest BCUT2D eigenvalue weighted by Crippen LogP contribution is 2.31. The van der Waals surface area contributed by atoms with Crippen LogP contribution in [0.15, 0.2) is 48.5 Å². The number of hydrogen-bond donors (Lipinski definition) is 0. The molecular formula is C26H25ClN4O4. The Labute approximate surface area is 208 Å². The normalized spacial score (nSPS) is 15.8. The summed E-state index contributed by atoms with van der Waals surface area (Å²) < 4.78 is 6.67. The fourth-order valence-corrected chi connectivity index (χ4v) is 4.84. The Hall–Kier alpha value is -3.65. The molecule has 2 amide bonds. The first-order valence-electron chi connectivity index (χ1n) is 11.7. The van der Waals surface area contributed by atoms with Gasteiger partial charge in [-0.3, -0.25) is 9.59 Å². The third kappa shape index (κ3) is 4.30. The molecule has 1 aromatic heterocycles. The molecule has 0 spiro atoms. The number of carbonyl (C=O) groups excluding carboxylic acids is 3. The van der Waals surface area contributed by atoms with Crippen LogP contribution < -0.4 is 9.80 Å².